The molecule has 1 atom stereocenters. The lowest BCUT2D eigenvalue weighted by Gasteiger charge is -2.30. The molecular weight excluding hydrogens is 415 g/mol. The molecule has 2 amide bonds. The zero-order chi connectivity index (χ0) is 21.4. The van der Waals surface area contributed by atoms with Crippen LogP contribution >= 0.6 is 23.2 Å². The monoisotopic (exact) mass is 438 g/mol. The molecule has 0 radical (unpaired) electrons. The standard InChI is InChI=1S/C21H24Cl2N2O4/c1-4-17(21(27)24-2)25(12-14-9-10-15(22)11-16(14)23)20(26)13-29-19-8-6-5-7-18(19)28-3/h5-11,17H,4,12-13H2,1-3H3,(H,24,27)/t17-/m0/s1. The van der Waals surface area contributed by atoms with Gasteiger partial charge >= 0.3 is 0 Å². The number of ether oxygens (including phenoxy) is 2. The van der Waals surface area contributed by atoms with Crippen molar-refractivity contribution >= 4 is 35.0 Å². The number of hydrogen-bond acceptors (Lipinski definition) is 4. The van der Waals surface area contributed by atoms with Gasteiger partial charge in [0, 0.05) is 23.6 Å². The molecule has 0 fully saturated rings. The van der Waals surface area contributed by atoms with Crippen molar-refractivity contribution < 1.29 is 19.1 Å². The van der Waals surface area contributed by atoms with E-state index in [1.54, 1.807) is 42.5 Å². The third-order valence-electron chi connectivity index (χ3n) is 4.41. The zero-order valence-electron chi connectivity index (χ0n) is 16.6. The predicted molar refractivity (Wildman–Crippen MR) is 114 cm³/mol. The van der Waals surface area contributed by atoms with Gasteiger partial charge in [-0.15, -0.1) is 0 Å². The Kier molecular flexibility index (Phi) is 8.61. The SMILES string of the molecule is CC[C@@H](C(=O)NC)N(Cc1ccc(Cl)cc1Cl)C(=O)COc1ccccc1OC. The smallest absolute Gasteiger partial charge is 0.261 e. The van der Waals surface area contributed by atoms with Crippen LogP contribution in [0.5, 0.6) is 11.5 Å². The number of carbonyl (C=O) groups excluding carboxylic acids is 2. The lowest BCUT2D eigenvalue weighted by molar-refractivity contribution is -0.142. The van der Waals surface area contributed by atoms with Crippen molar-refractivity contribution in [3.05, 3.63) is 58.1 Å². The van der Waals surface area contributed by atoms with Crippen LogP contribution in [-0.2, 0) is 16.1 Å². The zero-order valence-corrected chi connectivity index (χ0v) is 18.1. The van der Waals surface area contributed by atoms with E-state index in [0.717, 1.165) is 0 Å². The van der Waals surface area contributed by atoms with E-state index in [4.69, 9.17) is 32.7 Å². The van der Waals surface area contributed by atoms with Crippen LogP contribution in [0.25, 0.3) is 0 Å². The van der Waals surface area contributed by atoms with Gasteiger partial charge in [0.25, 0.3) is 5.91 Å². The Labute approximate surface area is 180 Å². The lowest BCUT2D eigenvalue weighted by atomic mass is 10.1. The second-order valence-corrected chi connectivity index (χ2v) is 7.08. The molecule has 8 heteroatoms. The fourth-order valence-corrected chi connectivity index (χ4v) is 3.35. The van der Waals surface area contributed by atoms with Crippen LogP contribution in [0.1, 0.15) is 18.9 Å². The highest BCUT2D eigenvalue weighted by molar-refractivity contribution is 6.35. The first-order chi connectivity index (χ1) is 13.9. The highest BCUT2D eigenvalue weighted by Gasteiger charge is 2.29. The third-order valence-corrected chi connectivity index (χ3v) is 5.00. The number of nitrogens with one attached hydrogen (secondary N) is 1. The summed E-state index contributed by atoms with van der Waals surface area (Å²) in [7, 11) is 3.06. The minimum absolute atomic E-state index is 0.149. The van der Waals surface area contributed by atoms with Gasteiger partial charge in [0.15, 0.2) is 18.1 Å². The quantitative estimate of drug-likeness (QED) is 0.643. The van der Waals surface area contributed by atoms with Gasteiger partial charge in [0.2, 0.25) is 5.91 Å². The first-order valence-electron chi connectivity index (χ1n) is 9.12. The van der Waals surface area contributed by atoms with Crippen molar-refractivity contribution in [3.8, 4) is 11.5 Å². The highest BCUT2D eigenvalue weighted by Crippen LogP contribution is 2.27. The number of halogens is 2. The van der Waals surface area contributed by atoms with Crippen molar-refractivity contribution in [3.63, 3.8) is 0 Å². The van der Waals surface area contributed by atoms with Crippen LogP contribution < -0.4 is 14.8 Å². The van der Waals surface area contributed by atoms with Gasteiger partial charge in [-0.3, -0.25) is 9.59 Å². The minimum Gasteiger partial charge on any atom is -0.493 e. The third kappa shape index (κ3) is 6.02. The Balaban J connectivity index is 2.25. The number of likely N-dealkylation sites (N-methyl/N-ethyl adjacent to an activating group) is 1. The minimum atomic E-state index is -0.666. The van der Waals surface area contributed by atoms with Gasteiger partial charge in [-0.2, -0.15) is 0 Å². The van der Waals surface area contributed by atoms with E-state index >= 15 is 0 Å². The Hall–Kier alpha value is -2.44. The molecule has 0 aromatic heterocycles. The summed E-state index contributed by atoms with van der Waals surface area (Å²) in [5.41, 5.74) is 0.684. The first kappa shape index (κ1) is 22.8. The van der Waals surface area contributed by atoms with Crippen LogP contribution in [0, 0.1) is 0 Å². The molecule has 0 saturated carbocycles. The molecule has 0 aliphatic carbocycles. The Morgan fingerprint density at radius 1 is 1.14 bits per heavy atom. The maximum Gasteiger partial charge on any atom is 0.261 e. The highest BCUT2D eigenvalue weighted by atomic mass is 35.5. The summed E-state index contributed by atoms with van der Waals surface area (Å²) in [6.45, 7) is 1.74. The number of benzene rings is 2. The molecule has 156 valence electrons. The van der Waals surface area contributed by atoms with Crippen molar-refractivity contribution in [1.82, 2.24) is 10.2 Å². The summed E-state index contributed by atoms with van der Waals surface area (Å²) >= 11 is 12.2. The van der Waals surface area contributed by atoms with Crippen LogP contribution in [0.4, 0.5) is 0 Å². The number of rotatable bonds is 9. The van der Waals surface area contributed by atoms with Crippen LogP contribution in [0.3, 0.4) is 0 Å². The molecule has 0 bridgehead atoms. The van der Waals surface area contributed by atoms with Crippen molar-refractivity contribution in [1.29, 1.82) is 0 Å². The number of methoxy groups -OCH3 is 1. The second kappa shape index (κ2) is 10.9. The summed E-state index contributed by atoms with van der Waals surface area (Å²) < 4.78 is 10.9. The topological polar surface area (TPSA) is 67.9 Å². The maximum absolute atomic E-state index is 13.0. The van der Waals surface area contributed by atoms with Gasteiger partial charge < -0.3 is 19.7 Å². The Morgan fingerprint density at radius 2 is 1.83 bits per heavy atom. The molecule has 29 heavy (non-hydrogen) atoms. The summed E-state index contributed by atoms with van der Waals surface area (Å²) in [5.74, 6) is 0.354. The summed E-state index contributed by atoms with van der Waals surface area (Å²) in [5, 5.41) is 3.52. The number of hydrogen-bond donors (Lipinski definition) is 1. The van der Waals surface area contributed by atoms with E-state index in [-0.39, 0.29) is 25.0 Å². The number of carbonyl (C=O) groups is 2. The van der Waals surface area contributed by atoms with Gasteiger partial charge in [0.05, 0.1) is 7.11 Å². The molecular formula is C21H24Cl2N2O4. The second-order valence-electron chi connectivity index (χ2n) is 6.24. The Morgan fingerprint density at radius 3 is 2.41 bits per heavy atom. The molecule has 2 aromatic carbocycles. The number of para-hydroxylation sites is 2. The largest absolute Gasteiger partial charge is 0.493 e. The molecule has 0 aliphatic heterocycles. The van der Waals surface area contributed by atoms with E-state index in [9.17, 15) is 9.59 Å². The predicted octanol–water partition coefficient (Wildman–Crippen LogP) is 3.93. The van der Waals surface area contributed by atoms with E-state index < -0.39 is 6.04 Å². The molecule has 0 unspecified atom stereocenters. The average molecular weight is 439 g/mol. The Bertz CT molecular complexity index is 860. The molecule has 0 heterocycles. The molecule has 0 saturated heterocycles. The van der Waals surface area contributed by atoms with E-state index in [1.165, 1.54) is 19.1 Å². The number of amides is 2. The van der Waals surface area contributed by atoms with E-state index in [0.29, 0.717) is 33.5 Å². The lowest BCUT2D eigenvalue weighted by Crippen LogP contribution is -2.49. The van der Waals surface area contributed by atoms with Gasteiger partial charge in [-0.05, 0) is 36.2 Å². The van der Waals surface area contributed by atoms with Gasteiger partial charge in [0.1, 0.15) is 6.04 Å². The van der Waals surface area contributed by atoms with Gasteiger partial charge in [-0.25, -0.2) is 0 Å². The van der Waals surface area contributed by atoms with Crippen molar-refractivity contribution in [2.24, 2.45) is 0 Å². The molecule has 6 nitrogen and oxygen atoms in total. The molecule has 2 aromatic rings. The van der Waals surface area contributed by atoms with Gasteiger partial charge in [-0.1, -0.05) is 48.3 Å². The first-order valence-corrected chi connectivity index (χ1v) is 9.87. The normalized spacial score (nSPS) is 11.5. The van der Waals surface area contributed by atoms with Crippen molar-refractivity contribution in [2.45, 2.75) is 25.9 Å². The van der Waals surface area contributed by atoms with Crippen LogP contribution in [0.2, 0.25) is 10.0 Å². The fraction of sp³-hybridized carbons (Fsp3) is 0.333. The molecule has 0 aliphatic rings. The molecule has 0 spiro atoms. The summed E-state index contributed by atoms with van der Waals surface area (Å²) in [6, 6.07) is 11.4. The number of nitrogens with zero attached hydrogens (tertiary/aromatic N) is 1. The maximum atomic E-state index is 13.0. The van der Waals surface area contributed by atoms with Crippen molar-refractivity contribution in [2.75, 3.05) is 20.8 Å². The average Bonchev–Trinajstić information content (AvgIpc) is 2.73. The van der Waals surface area contributed by atoms with E-state index in [1.807, 2.05) is 6.92 Å². The molecule has 1 N–H and O–H groups in total. The van der Waals surface area contributed by atoms with E-state index in [2.05, 4.69) is 5.32 Å². The van der Waals surface area contributed by atoms with Crippen LogP contribution in [0.15, 0.2) is 42.5 Å². The molecule has 2 rings (SSSR count). The summed E-state index contributed by atoms with van der Waals surface area (Å²) in [6.07, 6.45) is 0.436. The fourth-order valence-electron chi connectivity index (χ4n) is 2.88. The summed E-state index contributed by atoms with van der Waals surface area (Å²) in [4.78, 5) is 26.9. The van der Waals surface area contributed by atoms with Crippen LogP contribution in [-0.4, -0.2) is 43.5 Å².